The molecule has 0 unspecified atom stereocenters. The molecular weight excluding hydrogens is 352 g/mol. The fourth-order valence-electron chi connectivity index (χ4n) is 4.45. The van der Waals surface area contributed by atoms with Gasteiger partial charge in [-0.15, -0.1) is 0 Å². The summed E-state index contributed by atoms with van der Waals surface area (Å²) in [5, 5.41) is 3.25. The first-order valence-electron chi connectivity index (χ1n) is 9.43. The van der Waals surface area contributed by atoms with Gasteiger partial charge in [0.25, 0.3) is 0 Å². The van der Waals surface area contributed by atoms with Gasteiger partial charge in [-0.05, 0) is 36.8 Å². The van der Waals surface area contributed by atoms with Crippen molar-refractivity contribution in [3.05, 3.63) is 59.2 Å². The van der Waals surface area contributed by atoms with E-state index in [-0.39, 0.29) is 11.3 Å². The number of carbonyl (C=O) groups is 1. The number of benzene rings is 2. The Hall–Kier alpha value is -2.95. The lowest BCUT2D eigenvalue weighted by atomic mass is 9.75. The number of fused-ring (bicyclic) bond motifs is 3. The van der Waals surface area contributed by atoms with Crippen LogP contribution in [0, 0.1) is 6.92 Å². The second-order valence-electron chi connectivity index (χ2n) is 7.99. The molecular formula is C23H26N2O3. The lowest BCUT2D eigenvalue weighted by molar-refractivity contribution is -0.118. The van der Waals surface area contributed by atoms with Crippen molar-refractivity contribution in [2.45, 2.75) is 31.8 Å². The molecule has 2 aliphatic rings. The van der Waals surface area contributed by atoms with E-state index >= 15 is 0 Å². The molecule has 28 heavy (non-hydrogen) atoms. The van der Waals surface area contributed by atoms with Crippen LogP contribution >= 0.6 is 0 Å². The highest BCUT2D eigenvalue weighted by Crippen LogP contribution is 2.53. The predicted octanol–water partition coefficient (Wildman–Crippen LogP) is 3.65. The molecule has 1 fully saturated rings. The Balaban J connectivity index is 1.82. The summed E-state index contributed by atoms with van der Waals surface area (Å²) in [6, 6.07) is 12.2. The molecule has 0 aliphatic carbocycles. The number of anilines is 1. The fraction of sp³-hybridized carbons (Fsp3) is 0.348. The molecule has 5 heteroatoms. The minimum absolute atomic E-state index is 0.0330. The highest BCUT2D eigenvalue weighted by molar-refractivity contribution is 5.91. The van der Waals surface area contributed by atoms with Gasteiger partial charge in [-0.25, -0.2) is 0 Å². The van der Waals surface area contributed by atoms with Gasteiger partial charge < -0.3 is 19.7 Å². The van der Waals surface area contributed by atoms with Gasteiger partial charge in [0, 0.05) is 22.7 Å². The first-order valence-corrected chi connectivity index (χ1v) is 9.43. The Kier molecular flexibility index (Phi) is 4.14. The molecule has 5 nitrogen and oxygen atoms in total. The number of rotatable bonds is 4. The molecule has 2 aromatic rings. The molecule has 146 valence electrons. The molecule has 4 rings (SSSR count). The van der Waals surface area contributed by atoms with E-state index in [1.807, 2.05) is 24.3 Å². The normalized spacial score (nSPS) is 22.2. The van der Waals surface area contributed by atoms with Crippen LogP contribution in [0.4, 0.5) is 5.69 Å². The van der Waals surface area contributed by atoms with Crippen LogP contribution in [-0.4, -0.2) is 32.3 Å². The number of methoxy groups -OCH3 is 2. The second-order valence-corrected chi connectivity index (χ2v) is 7.99. The molecule has 1 N–H and O–H groups in total. The van der Waals surface area contributed by atoms with Gasteiger partial charge in [-0.1, -0.05) is 37.6 Å². The van der Waals surface area contributed by atoms with E-state index in [1.165, 1.54) is 11.1 Å². The molecule has 0 bridgehead atoms. The number of nitrogens with one attached hydrogen (secondary N) is 1. The highest BCUT2D eigenvalue weighted by atomic mass is 16.5. The molecule has 1 amide bonds. The summed E-state index contributed by atoms with van der Waals surface area (Å²) < 4.78 is 10.8. The Bertz CT molecular complexity index is 980. The number of hydrogen-bond donors (Lipinski definition) is 1. The van der Waals surface area contributed by atoms with Crippen LogP contribution in [0.25, 0.3) is 6.08 Å². The van der Waals surface area contributed by atoms with Crippen molar-refractivity contribution < 1.29 is 14.3 Å². The summed E-state index contributed by atoms with van der Waals surface area (Å²) in [5.41, 5.74) is 3.60. The molecule has 0 radical (unpaired) electrons. The molecule has 1 saturated heterocycles. The zero-order valence-electron chi connectivity index (χ0n) is 17.0. The van der Waals surface area contributed by atoms with Crippen molar-refractivity contribution in [1.82, 2.24) is 5.32 Å². The minimum Gasteiger partial charge on any atom is -0.497 e. The minimum atomic E-state index is -0.620. The lowest BCUT2D eigenvalue weighted by Crippen LogP contribution is -2.58. The van der Waals surface area contributed by atoms with Gasteiger partial charge in [0.05, 0.1) is 20.8 Å². The van der Waals surface area contributed by atoms with Crippen LogP contribution in [0.2, 0.25) is 0 Å². The summed E-state index contributed by atoms with van der Waals surface area (Å²) in [7, 11) is 3.28. The Morgan fingerprint density at radius 3 is 2.61 bits per heavy atom. The van der Waals surface area contributed by atoms with Crippen molar-refractivity contribution in [2.24, 2.45) is 0 Å². The van der Waals surface area contributed by atoms with Crippen LogP contribution in [0.3, 0.4) is 0 Å². The van der Waals surface area contributed by atoms with Crippen LogP contribution in [0.15, 0.2) is 42.5 Å². The molecule has 0 spiro atoms. The van der Waals surface area contributed by atoms with E-state index in [2.05, 4.69) is 55.3 Å². The highest BCUT2D eigenvalue weighted by Gasteiger charge is 2.59. The molecule has 2 heterocycles. The number of carbonyl (C=O) groups excluding carboxylic acids is 1. The van der Waals surface area contributed by atoms with Crippen molar-refractivity contribution in [1.29, 1.82) is 0 Å². The van der Waals surface area contributed by atoms with Gasteiger partial charge in [0.2, 0.25) is 5.91 Å². The first kappa shape index (κ1) is 18.4. The third-order valence-corrected chi connectivity index (χ3v) is 6.07. The molecule has 1 atom stereocenters. The van der Waals surface area contributed by atoms with Gasteiger partial charge in [0.1, 0.15) is 17.2 Å². The summed E-state index contributed by atoms with van der Waals surface area (Å²) in [5.74, 6) is 1.50. The molecule has 0 aromatic heterocycles. The zero-order valence-corrected chi connectivity index (χ0v) is 17.0. The monoisotopic (exact) mass is 378 g/mol. The van der Waals surface area contributed by atoms with Crippen LogP contribution in [0.1, 0.15) is 30.5 Å². The van der Waals surface area contributed by atoms with Gasteiger partial charge >= 0.3 is 0 Å². The van der Waals surface area contributed by atoms with E-state index in [9.17, 15) is 4.79 Å². The lowest BCUT2D eigenvalue weighted by Gasteiger charge is -2.40. The van der Waals surface area contributed by atoms with Crippen molar-refractivity contribution in [3.63, 3.8) is 0 Å². The van der Waals surface area contributed by atoms with E-state index in [0.717, 1.165) is 22.7 Å². The number of amides is 1. The Labute approximate surface area is 165 Å². The Morgan fingerprint density at radius 1 is 1.11 bits per heavy atom. The number of hydrogen-bond acceptors (Lipinski definition) is 4. The van der Waals surface area contributed by atoms with E-state index in [1.54, 1.807) is 14.2 Å². The van der Waals surface area contributed by atoms with Gasteiger partial charge in [-0.2, -0.15) is 0 Å². The topological polar surface area (TPSA) is 50.8 Å². The average molecular weight is 378 g/mol. The van der Waals surface area contributed by atoms with E-state index < -0.39 is 5.66 Å². The number of aryl methyl sites for hydroxylation is 1. The fourth-order valence-corrected chi connectivity index (χ4v) is 4.45. The summed E-state index contributed by atoms with van der Waals surface area (Å²) in [6.45, 7) is 6.83. The maximum atomic E-state index is 12.4. The maximum Gasteiger partial charge on any atom is 0.241 e. The molecule has 2 aliphatic heterocycles. The van der Waals surface area contributed by atoms with Crippen molar-refractivity contribution in [2.75, 3.05) is 25.7 Å². The summed E-state index contributed by atoms with van der Waals surface area (Å²) in [6.07, 6.45) is 4.12. The number of nitrogens with zero attached hydrogens (tertiary/aromatic N) is 1. The summed E-state index contributed by atoms with van der Waals surface area (Å²) >= 11 is 0. The Morgan fingerprint density at radius 2 is 1.89 bits per heavy atom. The quantitative estimate of drug-likeness (QED) is 0.882. The maximum absolute atomic E-state index is 12.4. The van der Waals surface area contributed by atoms with Gasteiger partial charge in [-0.3, -0.25) is 4.79 Å². The third kappa shape index (κ3) is 2.49. The molecule has 2 aromatic carbocycles. The zero-order chi connectivity index (χ0) is 20.1. The second kappa shape index (κ2) is 6.30. The van der Waals surface area contributed by atoms with Crippen LogP contribution in [-0.2, 0) is 10.2 Å². The SMILES string of the molecule is COc1ccc(C=C[C@@]23NC(=O)CN2c2ccc(C)cc2C3(C)C)c(OC)c1. The molecule has 0 saturated carbocycles. The van der Waals surface area contributed by atoms with Crippen molar-refractivity contribution in [3.8, 4) is 11.5 Å². The number of ether oxygens (including phenoxy) is 2. The van der Waals surface area contributed by atoms with Crippen molar-refractivity contribution >= 4 is 17.7 Å². The largest absolute Gasteiger partial charge is 0.497 e. The third-order valence-electron chi connectivity index (χ3n) is 6.07. The predicted molar refractivity (Wildman–Crippen MR) is 111 cm³/mol. The van der Waals surface area contributed by atoms with Crippen LogP contribution < -0.4 is 19.7 Å². The smallest absolute Gasteiger partial charge is 0.241 e. The summed E-state index contributed by atoms with van der Waals surface area (Å²) in [4.78, 5) is 14.6. The van der Waals surface area contributed by atoms with E-state index in [0.29, 0.717) is 6.54 Å². The van der Waals surface area contributed by atoms with Gasteiger partial charge in [0.15, 0.2) is 0 Å². The van der Waals surface area contributed by atoms with E-state index in [4.69, 9.17) is 9.47 Å². The standard InChI is InChI=1S/C23H26N2O3/c1-15-6-9-19-18(12-15)22(2,3)23(24-21(26)14-25(19)23)11-10-16-7-8-17(27-4)13-20(16)28-5/h6-13H,14H2,1-5H3,(H,24,26)/t23-/m1/s1. The first-order chi connectivity index (χ1) is 13.3. The average Bonchev–Trinajstić information content (AvgIpc) is 3.10. The van der Waals surface area contributed by atoms with Crippen LogP contribution in [0.5, 0.6) is 11.5 Å².